The number of aromatic nitrogens is 3. The maximum absolute atomic E-state index is 4.48. The van der Waals surface area contributed by atoms with Gasteiger partial charge in [0.25, 0.3) is 0 Å². The first-order chi connectivity index (χ1) is 8.79. The number of hydrogen-bond donors (Lipinski definition) is 1. The van der Waals surface area contributed by atoms with Gasteiger partial charge in [-0.3, -0.25) is 4.98 Å². The molecule has 0 aromatic carbocycles. The van der Waals surface area contributed by atoms with Crippen molar-refractivity contribution in [2.45, 2.75) is 33.4 Å². The van der Waals surface area contributed by atoms with Crippen molar-refractivity contribution < 1.29 is 0 Å². The van der Waals surface area contributed by atoms with E-state index in [0.29, 0.717) is 0 Å². The van der Waals surface area contributed by atoms with Gasteiger partial charge in [-0.15, -0.1) is 0 Å². The molecule has 0 amide bonds. The molecule has 1 N–H and O–H groups in total. The van der Waals surface area contributed by atoms with E-state index >= 15 is 0 Å². The minimum Gasteiger partial charge on any atom is -0.329 e. The van der Waals surface area contributed by atoms with Gasteiger partial charge >= 0.3 is 0 Å². The normalized spacial score (nSPS) is 10.8. The van der Waals surface area contributed by atoms with Gasteiger partial charge in [0.1, 0.15) is 5.82 Å². The van der Waals surface area contributed by atoms with E-state index in [-0.39, 0.29) is 0 Å². The van der Waals surface area contributed by atoms with E-state index < -0.39 is 0 Å². The van der Waals surface area contributed by atoms with Crippen molar-refractivity contribution in [1.82, 2.24) is 19.9 Å². The first kappa shape index (κ1) is 12.8. The molecule has 0 saturated heterocycles. The van der Waals surface area contributed by atoms with Crippen molar-refractivity contribution in [1.29, 1.82) is 0 Å². The van der Waals surface area contributed by atoms with Crippen molar-refractivity contribution in [2.24, 2.45) is 0 Å². The Kier molecular flexibility index (Phi) is 4.47. The molecule has 18 heavy (non-hydrogen) atoms. The van der Waals surface area contributed by atoms with Crippen LogP contribution in [-0.2, 0) is 13.1 Å². The molecule has 4 nitrogen and oxygen atoms in total. The van der Waals surface area contributed by atoms with Gasteiger partial charge in [0.2, 0.25) is 0 Å². The van der Waals surface area contributed by atoms with E-state index in [1.54, 1.807) is 0 Å². The van der Waals surface area contributed by atoms with Crippen molar-refractivity contribution in [2.75, 3.05) is 6.54 Å². The predicted molar refractivity (Wildman–Crippen MR) is 72.3 cm³/mol. The Labute approximate surface area is 108 Å². The fourth-order valence-electron chi connectivity index (χ4n) is 1.81. The van der Waals surface area contributed by atoms with Crippen LogP contribution < -0.4 is 5.32 Å². The summed E-state index contributed by atoms with van der Waals surface area (Å²) in [7, 11) is 0. The number of imidazole rings is 1. The highest BCUT2D eigenvalue weighted by Crippen LogP contribution is 2.04. The van der Waals surface area contributed by atoms with E-state index in [1.807, 2.05) is 25.5 Å². The van der Waals surface area contributed by atoms with Crippen molar-refractivity contribution in [3.05, 3.63) is 47.8 Å². The highest BCUT2D eigenvalue weighted by atomic mass is 15.1. The minimum absolute atomic E-state index is 0.786. The van der Waals surface area contributed by atoms with Crippen LogP contribution in [0.2, 0.25) is 0 Å². The highest BCUT2D eigenvalue weighted by molar-refractivity contribution is 5.14. The number of hydrogen-bond acceptors (Lipinski definition) is 3. The molecular formula is C14H20N4. The van der Waals surface area contributed by atoms with E-state index in [1.165, 1.54) is 5.56 Å². The van der Waals surface area contributed by atoms with Gasteiger partial charge in [-0.1, -0.05) is 13.0 Å². The minimum atomic E-state index is 0.786. The fraction of sp³-hybridized carbons (Fsp3) is 0.429. The lowest BCUT2D eigenvalue weighted by atomic mass is 10.2. The average molecular weight is 244 g/mol. The third kappa shape index (κ3) is 3.40. The van der Waals surface area contributed by atoms with E-state index in [4.69, 9.17) is 0 Å². The standard InChI is InChI=1S/C14H20N4/c1-3-6-15-9-13-4-5-14(17-10-13)11-18-8-7-16-12(18)2/h4-5,7-8,10,15H,3,6,9,11H2,1-2H3. The summed E-state index contributed by atoms with van der Waals surface area (Å²) in [4.78, 5) is 8.69. The van der Waals surface area contributed by atoms with E-state index in [2.05, 4.69) is 38.9 Å². The summed E-state index contributed by atoms with van der Waals surface area (Å²) in [6.45, 7) is 6.90. The lowest BCUT2D eigenvalue weighted by Gasteiger charge is -2.06. The van der Waals surface area contributed by atoms with Crippen molar-refractivity contribution in [3.63, 3.8) is 0 Å². The molecule has 4 heteroatoms. The van der Waals surface area contributed by atoms with Crippen LogP contribution in [0.1, 0.15) is 30.4 Å². The molecule has 0 aliphatic carbocycles. The largest absolute Gasteiger partial charge is 0.329 e. The topological polar surface area (TPSA) is 42.7 Å². The number of rotatable bonds is 6. The summed E-state index contributed by atoms with van der Waals surface area (Å²) in [6.07, 6.45) is 6.90. The van der Waals surface area contributed by atoms with E-state index in [0.717, 1.165) is 37.6 Å². The second-order valence-corrected chi connectivity index (χ2v) is 4.44. The number of nitrogens with one attached hydrogen (secondary N) is 1. The molecule has 0 fully saturated rings. The SMILES string of the molecule is CCCNCc1ccc(Cn2ccnc2C)nc1. The summed E-state index contributed by atoms with van der Waals surface area (Å²) in [6, 6.07) is 4.22. The molecule has 2 rings (SSSR count). The summed E-state index contributed by atoms with van der Waals surface area (Å²) in [5, 5.41) is 3.37. The first-order valence-corrected chi connectivity index (χ1v) is 6.42. The van der Waals surface area contributed by atoms with Crippen LogP contribution in [0.5, 0.6) is 0 Å². The average Bonchev–Trinajstić information content (AvgIpc) is 2.78. The van der Waals surface area contributed by atoms with Gasteiger partial charge in [-0.25, -0.2) is 4.98 Å². The first-order valence-electron chi connectivity index (χ1n) is 6.42. The molecule has 2 aromatic heterocycles. The van der Waals surface area contributed by atoms with Crippen molar-refractivity contribution in [3.8, 4) is 0 Å². The number of nitrogens with zero attached hydrogens (tertiary/aromatic N) is 3. The molecule has 2 aromatic rings. The molecule has 0 saturated carbocycles. The zero-order chi connectivity index (χ0) is 12.8. The maximum atomic E-state index is 4.48. The lowest BCUT2D eigenvalue weighted by molar-refractivity contribution is 0.672. The zero-order valence-corrected chi connectivity index (χ0v) is 11.1. The summed E-state index contributed by atoms with van der Waals surface area (Å²) in [5.41, 5.74) is 2.30. The van der Waals surface area contributed by atoms with Gasteiger partial charge in [0.05, 0.1) is 12.2 Å². The highest BCUT2D eigenvalue weighted by Gasteiger charge is 2.00. The molecule has 0 aliphatic heterocycles. The van der Waals surface area contributed by atoms with Gasteiger partial charge in [-0.05, 0) is 31.5 Å². The smallest absolute Gasteiger partial charge is 0.105 e. The van der Waals surface area contributed by atoms with Crippen LogP contribution in [0.4, 0.5) is 0 Å². The molecule has 2 heterocycles. The number of aryl methyl sites for hydroxylation is 1. The van der Waals surface area contributed by atoms with Gasteiger partial charge in [0.15, 0.2) is 0 Å². The van der Waals surface area contributed by atoms with E-state index in [9.17, 15) is 0 Å². The molecule has 0 aliphatic rings. The molecule has 0 spiro atoms. The van der Waals surface area contributed by atoms with Gasteiger partial charge in [0, 0.05) is 25.1 Å². The molecule has 0 bridgehead atoms. The second-order valence-electron chi connectivity index (χ2n) is 4.44. The molecule has 0 unspecified atom stereocenters. The monoisotopic (exact) mass is 244 g/mol. The molecule has 0 radical (unpaired) electrons. The van der Waals surface area contributed by atoms with Crippen LogP contribution in [0, 0.1) is 6.92 Å². The predicted octanol–water partition coefficient (Wildman–Crippen LogP) is 2.13. The van der Waals surface area contributed by atoms with Crippen LogP contribution in [0.25, 0.3) is 0 Å². The molecule has 96 valence electrons. The quantitative estimate of drug-likeness (QED) is 0.792. The van der Waals surface area contributed by atoms with Crippen LogP contribution in [0.3, 0.4) is 0 Å². The van der Waals surface area contributed by atoms with Crippen LogP contribution in [0.15, 0.2) is 30.7 Å². The zero-order valence-electron chi connectivity index (χ0n) is 11.1. The third-order valence-electron chi connectivity index (χ3n) is 2.90. The Bertz CT molecular complexity index is 473. The Morgan fingerprint density at radius 1 is 1.28 bits per heavy atom. The van der Waals surface area contributed by atoms with Crippen LogP contribution >= 0.6 is 0 Å². The number of pyridine rings is 1. The Morgan fingerprint density at radius 3 is 2.78 bits per heavy atom. The maximum Gasteiger partial charge on any atom is 0.105 e. The summed E-state index contributed by atoms with van der Waals surface area (Å²) >= 11 is 0. The Hall–Kier alpha value is -1.68. The van der Waals surface area contributed by atoms with Crippen LogP contribution in [-0.4, -0.2) is 21.1 Å². The summed E-state index contributed by atoms with van der Waals surface area (Å²) < 4.78 is 2.09. The third-order valence-corrected chi connectivity index (χ3v) is 2.90. The Balaban J connectivity index is 1.93. The molecular weight excluding hydrogens is 224 g/mol. The Morgan fingerprint density at radius 2 is 2.17 bits per heavy atom. The fourth-order valence-corrected chi connectivity index (χ4v) is 1.81. The summed E-state index contributed by atoms with van der Waals surface area (Å²) in [5.74, 6) is 1.02. The van der Waals surface area contributed by atoms with Gasteiger partial charge in [-0.2, -0.15) is 0 Å². The van der Waals surface area contributed by atoms with Gasteiger partial charge < -0.3 is 9.88 Å². The second kappa shape index (κ2) is 6.31. The lowest BCUT2D eigenvalue weighted by Crippen LogP contribution is -2.14. The molecule has 0 atom stereocenters. The van der Waals surface area contributed by atoms with Crippen molar-refractivity contribution >= 4 is 0 Å².